The van der Waals surface area contributed by atoms with Gasteiger partial charge in [-0.25, -0.2) is 17.7 Å². The number of aromatic amines is 1. The molecule has 11 heteroatoms. The van der Waals surface area contributed by atoms with Crippen molar-refractivity contribution in [2.75, 3.05) is 0 Å². The third-order valence-electron chi connectivity index (χ3n) is 15.9. The summed E-state index contributed by atoms with van der Waals surface area (Å²) in [7, 11) is -2.81. The summed E-state index contributed by atoms with van der Waals surface area (Å²) in [4.78, 5) is 45.5. The Labute approximate surface area is 425 Å². The van der Waals surface area contributed by atoms with Crippen LogP contribution in [-0.2, 0) is 30.5 Å². The molecule has 10 aromatic rings. The van der Waals surface area contributed by atoms with Crippen molar-refractivity contribution in [2.24, 2.45) is 0 Å². The molecule has 74 heavy (non-hydrogen) atoms. The van der Waals surface area contributed by atoms with Gasteiger partial charge in [0.2, 0.25) is 0 Å². The van der Waals surface area contributed by atoms with Crippen molar-refractivity contribution in [3.05, 3.63) is 227 Å². The topological polar surface area (TPSA) is 97.3 Å². The van der Waals surface area contributed by atoms with Crippen LogP contribution < -0.4 is 15.9 Å². The van der Waals surface area contributed by atoms with E-state index < -0.39 is 24.5 Å². The monoisotopic (exact) mass is 976 g/mol. The maximum absolute atomic E-state index is 16.0. The van der Waals surface area contributed by atoms with Gasteiger partial charge in [0.05, 0.1) is 17.0 Å². The molecule has 3 aliphatic rings. The summed E-state index contributed by atoms with van der Waals surface area (Å²) in [6.07, 6.45) is 4.36. The van der Waals surface area contributed by atoms with Gasteiger partial charge in [-0.3, -0.25) is 14.4 Å². The number of H-pyrrole nitrogens is 1. The molecule has 362 valence electrons. The van der Waals surface area contributed by atoms with E-state index in [1.54, 1.807) is 30.3 Å². The van der Waals surface area contributed by atoms with Crippen LogP contribution in [0.2, 0.25) is 0 Å². The predicted octanol–water partition coefficient (Wildman–Crippen LogP) is 13.2. The van der Waals surface area contributed by atoms with Gasteiger partial charge in [-0.2, -0.15) is 0 Å². The van der Waals surface area contributed by atoms with E-state index in [0.29, 0.717) is 69.4 Å². The number of pyridine rings is 1. The minimum atomic E-state index is -2.81. The quantitative estimate of drug-likeness (QED) is 0.0511. The van der Waals surface area contributed by atoms with Crippen LogP contribution in [0.25, 0.3) is 66.0 Å². The minimum absolute atomic E-state index is 0.143. The maximum Gasteiger partial charge on any atom is 0.935 e. The van der Waals surface area contributed by atoms with E-state index in [2.05, 4.69) is 30.1 Å². The first-order valence-electron chi connectivity index (χ1n) is 25.4. The number of fused-ring (bicyclic) bond motifs is 8. The number of nitrogens with one attached hydrogen (secondary N) is 1. The number of carbonyl (C=O) groups excluding carboxylic acids is 1. The zero-order valence-corrected chi connectivity index (χ0v) is 41.4. The first-order chi connectivity index (χ1) is 35.9. The fraction of sp³-hybridized carbons (Fsp3) is 0.175. The summed E-state index contributed by atoms with van der Waals surface area (Å²) in [5.74, 6) is -0.00643. The lowest BCUT2D eigenvalue weighted by molar-refractivity contribution is -0.342. The molecule has 0 atom stereocenters. The summed E-state index contributed by atoms with van der Waals surface area (Å²) in [5.41, 5.74) is 16.2. The third-order valence-corrected chi connectivity index (χ3v) is 15.9. The number of aromatic nitrogens is 2. The van der Waals surface area contributed by atoms with Crippen LogP contribution in [0.3, 0.4) is 0 Å². The van der Waals surface area contributed by atoms with Crippen LogP contribution in [0.15, 0.2) is 164 Å². The van der Waals surface area contributed by atoms with Gasteiger partial charge < -0.3 is 14.1 Å². The molecular weight excluding hydrogens is 928 g/mol. The van der Waals surface area contributed by atoms with Gasteiger partial charge in [-0.15, -0.1) is 0 Å². The van der Waals surface area contributed by atoms with Crippen molar-refractivity contribution in [1.29, 1.82) is 0 Å². The Kier molecular flexibility index (Phi) is 10.7. The van der Waals surface area contributed by atoms with E-state index in [4.69, 9.17) is 9.15 Å². The number of hydrogen-bond donors (Lipinski definition) is 1. The van der Waals surface area contributed by atoms with Crippen LogP contribution >= 0.6 is 0 Å². The molecule has 3 aromatic heterocycles. The van der Waals surface area contributed by atoms with Crippen molar-refractivity contribution in [1.82, 2.24) is 9.55 Å². The van der Waals surface area contributed by atoms with E-state index in [9.17, 15) is 14.4 Å². The molecule has 0 saturated carbocycles. The summed E-state index contributed by atoms with van der Waals surface area (Å²) >= 11 is 0. The van der Waals surface area contributed by atoms with Gasteiger partial charge in [0.25, 0.3) is 11.1 Å². The van der Waals surface area contributed by atoms with Crippen molar-refractivity contribution >= 4 is 68.1 Å². The SMILES string of the molecule is CC1=C2CCc3ccccc3C2=[N+](B(F)F)/C1=C(\c1[nH]c2c(c1C)CCc1ccccc1-2)c1c(C)cc(OC(=O)CCCc2ccc(-n3c(=O)c4ccc5oc6ccccc6c6ccc(c3=O)c4c56)cc2)cc1C. The lowest BCUT2D eigenvalue weighted by Crippen LogP contribution is -2.31. The molecule has 4 heterocycles. The van der Waals surface area contributed by atoms with Gasteiger partial charge in [-0.1, -0.05) is 78.9 Å². The first-order valence-corrected chi connectivity index (χ1v) is 25.4. The molecule has 0 spiro atoms. The number of ether oxygens (including phenoxy) is 1. The molecule has 1 N–H and O–H groups in total. The minimum Gasteiger partial charge on any atom is -0.456 e. The molecule has 0 amide bonds. The smallest absolute Gasteiger partial charge is 0.456 e. The fourth-order valence-electron chi connectivity index (χ4n) is 12.5. The van der Waals surface area contributed by atoms with Crippen molar-refractivity contribution < 1.29 is 27.1 Å². The van der Waals surface area contributed by atoms with Crippen LogP contribution in [0.1, 0.15) is 82.0 Å². The number of esters is 1. The lowest BCUT2D eigenvalue weighted by Gasteiger charge is -2.18. The molecule has 0 radical (unpaired) electrons. The Bertz CT molecular complexity index is 4230. The van der Waals surface area contributed by atoms with Crippen LogP contribution in [-0.4, -0.2) is 33.1 Å². The van der Waals surface area contributed by atoms with Crippen LogP contribution in [0.5, 0.6) is 5.75 Å². The zero-order chi connectivity index (χ0) is 50.7. The van der Waals surface area contributed by atoms with E-state index in [1.165, 1.54) is 20.2 Å². The summed E-state index contributed by atoms with van der Waals surface area (Å²) < 4.78 is 46.7. The Morgan fingerprint density at radius 2 is 1.35 bits per heavy atom. The van der Waals surface area contributed by atoms with E-state index in [0.717, 1.165) is 108 Å². The number of carbonyl (C=O) groups is 1. The van der Waals surface area contributed by atoms with Gasteiger partial charge >= 0.3 is 13.4 Å². The number of nitrogens with zero attached hydrogens (tertiary/aromatic N) is 2. The number of rotatable bonds is 9. The predicted molar refractivity (Wildman–Crippen MR) is 290 cm³/mol. The number of para-hydroxylation sites is 1. The summed E-state index contributed by atoms with van der Waals surface area (Å²) in [6.45, 7) is 8.00. The summed E-state index contributed by atoms with van der Waals surface area (Å²) in [6, 6.07) is 42.3. The fourth-order valence-corrected chi connectivity index (χ4v) is 12.5. The Balaban J connectivity index is 0.786. The number of hydrogen-bond acceptors (Lipinski definition) is 5. The van der Waals surface area contributed by atoms with Crippen molar-refractivity contribution in [3.63, 3.8) is 0 Å². The van der Waals surface area contributed by atoms with Gasteiger partial charge in [0.1, 0.15) is 16.9 Å². The highest BCUT2D eigenvalue weighted by Crippen LogP contribution is 2.47. The Morgan fingerprint density at radius 1 is 0.703 bits per heavy atom. The number of benzene rings is 7. The second kappa shape index (κ2) is 17.4. The number of aryl methyl sites for hydroxylation is 5. The molecule has 7 aromatic carbocycles. The molecule has 0 unspecified atom stereocenters. The highest BCUT2D eigenvalue weighted by molar-refractivity contribution is 6.37. The molecule has 0 fully saturated rings. The maximum atomic E-state index is 16.0. The van der Waals surface area contributed by atoms with Gasteiger partial charge in [0.15, 0.2) is 11.4 Å². The molecule has 2 aliphatic carbocycles. The normalized spacial score (nSPS) is 14.8. The average Bonchev–Trinajstić information content (AvgIpc) is 3.92. The molecule has 0 bridgehead atoms. The summed E-state index contributed by atoms with van der Waals surface area (Å²) in [5, 5.41) is 4.07. The second-order valence-electron chi connectivity index (χ2n) is 20.1. The second-order valence-corrected chi connectivity index (χ2v) is 20.1. The molecule has 1 aliphatic heterocycles. The van der Waals surface area contributed by atoms with Gasteiger partial charge in [-0.05, 0) is 171 Å². The van der Waals surface area contributed by atoms with E-state index >= 15 is 8.63 Å². The van der Waals surface area contributed by atoms with Gasteiger partial charge in [0, 0.05) is 61.3 Å². The standard InChI is InChI=1S/C63H48BF2N3O5/c1-34-32-42(73-53(70)19-11-12-38-20-24-41(25-21-38)68-62(71)49-29-28-48-47-17-9-10-18-51(47)74-52-31-30-50(63(68)72)55(49)56(48)52)33-35(2)54(34)57(58-36(3)43-26-22-39-13-5-7-15-45(39)59(43)67-58)60-37(4)44-27-23-40-14-6-8-16-46(40)61(44)69(60)64(65)66/h5-10,13-18,20-21,24-25,28-33H,11-12,19,22-23,26-27H2,1-4H3/p+1. The Morgan fingerprint density at radius 3 is 2.09 bits per heavy atom. The van der Waals surface area contributed by atoms with Crippen molar-refractivity contribution in [2.45, 2.75) is 72.6 Å². The van der Waals surface area contributed by atoms with Crippen LogP contribution in [0.4, 0.5) is 8.63 Å². The Hall–Kier alpha value is -8.44. The molecule has 8 nitrogen and oxygen atoms in total. The van der Waals surface area contributed by atoms with E-state index in [-0.39, 0.29) is 6.42 Å². The molecule has 0 saturated heterocycles. The highest BCUT2D eigenvalue weighted by atomic mass is 19.2. The number of allylic oxidation sites excluding steroid dienone is 2. The molecule has 13 rings (SSSR count). The van der Waals surface area contributed by atoms with E-state index in [1.807, 2.05) is 106 Å². The molecular formula is C63H49BF2N3O5+. The van der Waals surface area contributed by atoms with Crippen LogP contribution in [0, 0.1) is 20.8 Å². The zero-order valence-electron chi connectivity index (χ0n) is 41.4. The number of halogens is 2. The highest BCUT2D eigenvalue weighted by Gasteiger charge is 2.51. The van der Waals surface area contributed by atoms with Crippen molar-refractivity contribution in [3.8, 4) is 22.7 Å². The average molecular weight is 977 g/mol. The third kappa shape index (κ3) is 7.00. The first kappa shape index (κ1) is 45.4. The lowest BCUT2D eigenvalue weighted by atomic mass is 9.84. The largest absolute Gasteiger partial charge is 0.935 e.